The fourth-order valence-corrected chi connectivity index (χ4v) is 2.85. The molecule has 7 heteroatoms. The topological polar surface area (TPSA) is 54.9 Å². The van der Waals surface area contributed by atoms with Gasteiger partial charge in [0.15, 0.2) is 5.69 Å². The summed E-state index contributed by atoms with van der Waals surface area (Å²) in [5, 5.41) is 8.03. The van der Waals surface area contributed by atoms with Crippen LogP contribution >= 0.6 is 11.5 Å². The van der Waals surface area contributed by atoms with E-state index >= 15 is 0 Å². The molecule has 0 unspecified atom stereocenters. The SMILES string of the molecule is O=C(NC1(c2ccc(F)cc2F)CCC1)c1csnn1. The van der Waals surface area contributed by atoms with Crippen LogP contribution in [0.15, 0.2) is 23.6 Å². The van der Waals surface area contributed by atoms with Crippen LogP contribution in [-0.2, 0) is 5.54 Å². The van der Waals surface area contributed by atoms with Gasteiger partial charge in [-0.2, -0.15) is 0 Å². The summed E-state index contributed by atoms with van der Waals surface area (Å²) in [6, 6.07) is 3.43. The number of hydrogen-bond donors (Lipinski definition) is 1. The van der Waals surface area contributed by atoms with Crippen LogP contribution in [0.1, 0.15) is 35.3 Å². The molecule has 104 valence electrons. The summed E-state index contributed by atoms with van der Waals surface area (Å²) in [5.41, 5.74) is -0.233. The van der Waals surface area contributed by atoms with Gasteiger partial charge in [-0.25, -0.2) is 8.78 Å². The number of nitrogens with zero attached hydrogens (tertiary/aromatic N) is 2. The van der Waals surface area contributed by atoms with Crippen LogP contribution in [0.25, 0.3) is 0 Å². The van der Waals surface area contributed by atoms with E-state index in [1.807, 2.05) is 0 Å². The van der Waals surface area contributed by atoms with Crippen molar-refractivity contribution in [2.45, 2.75) is 24.8 Å². The number of amides is 1. The maximum atomic E-state index is 13.9. The molecule has 1 aliphatic rings. The number of carbonyl (C=O) groups excluding carboxylic acids is 1. The van der Waals surface area contributed by atoms with Crippen molar-refractivity contribution in [2.75, 3.05) is 0 Å². The molecule has 0 radical (unpaired) electrons. The van der Waals surface area contributed by atoms with Crippen LogP contribution in [0.3, 0.4) is 0 Å². The summed E-state index contributed by atoms with van der Waals surface area (Å²) in [6.45, 7) is 0. The molecule has 1 saturated carbocycles. The summed E-state index contributed by atoms with van der Waals surface area (Å²) in [4.78, 5) is 12.1. The molecule has 4 nitrogen and oxygen atoms in total. The summed E-state index contributed by atoms with van der Waals surface area (Å²) < 4.78 is 30.6. The lowest BCUT2D eigenvalue weighted by molar-refractivity contribution is 0.0812. The molecule has 1 heterocycles. The fourth-order valence-electron chi connectivity index (χ4n) is 2.41. The number of benzene rings is 1. The van der Waals surface area contributed by atoms with Gasteiger partial charge in [0.2, 0.25) is 0 Å². The second-order valence-corrected chi connectivity index (χ2v) is 5.41. The van der Waals surface area contributed by atoms with E-state index in [4.69, 9.17) is 0 Å². The highest BCUT2D eigenvalue weighted by Crippen LogP contribution is 2.42. The lowest BCUT2D eigenvalue weighted by Gasteiger charge is -2.43. The summed E-state index contributed by atoms with van der Waals surface area (Å²) in [7, 11) is 0. The first-order valence-corrected chi connectivity index (χ1v) is 6.99. The second-order valence-electron chi connectivity index (χ2n) is 4.80. The lowest BCUT2D eigenvalue weighted by atomic mass is 9.71. The van der Waals surface area contributed by atoms with Crippen LogP contribution in [0.4, 0.5) is 8.78 Å². The Labute approximate surface area is 118 Å². The number of nitrogens with one attached hydrogen (secondary N) is 1. The number of rotatable bonds is 3. The average Bonchev–Trinajstić information content (AvgIpc) is 2.88. The minimum Gasteiger partial charge on any atom is -0.341 e. The zero-order valence-corrected chi connectivity index (χ0v) is 11.2. The zero-order chi connectivity index (χ0) is 14.2. The molecular weight excluding hydrogens is 284 g/mol. The Morgan fingerprint density at radius 1 is 1.35 bits per heavy atom. The third kappa shape index (κ3) is 2.18. The second kappa shape index (κ2) is 4.90. The summed E-state index contributed by atoms with van der Waals surface area (Å²) in [6.07, 6.45) is 2.13. The van der Waals surface area contributed by atoms with Crippen LogP contribution in [0, 0.1) is 11.6 Å². The van der Waals surface area contributed by atoms with Crippen molar-refractivity contribution < 1.29 is 13.6 Å². The van der Waals surface area contributed by atoms with Gasteiger partial charge in [0, 0.05) is 17.0 Å². The van der Waals surface area contributed by atoms with Gasteiger partial charge in [-0.05, 0) is 36.9 Å². The molecule has 1 N–H and O–H groups in total. The van der Waals surface area contributed by atoms with E-state index in [2.05, 4.69) is 14.9 Å². The van der Waals surface area contributed by atoms with Gasteiger partial charge in [0.25, 0.3) is 5.91 Å². The highest BCUT2D eigenvalue weighted by molar-refractivity contribution is 7.03. The monoisotopic (exact) mass is 295 g/mol. The van der Waals surface area contributed by atoms with Crippen molar-refractivity contribution in [3.63, 3.8) is 0 Å². The minimum absolute atomic E-state index is 0.212. The fraction of sp³-hybridized carbons (Fsp3) is 0.308. The number of hydrogen-bond acceptors (Lipinski definition) is 4. The molecule has 0 aliphatic heterocycles. The smallest absolute Gasteiger partial charge is 0.273 e. The molecule has 0 bridgehead atoms. The first kappa shape index (κ1) is 13.1. The third-order valence-corrected chi connectivity index (χ3v) is 4.10. The maximum Gasteiger partial charge on any atom is 0.273 e. The van der Waals surface area contributed by atoms with Crippen molar-refractivity contribution in [1.29, 1.82) is 0 Å². The van der Waals surface area contributed by atoms with Gasteiger partial charge in [0.1, 0.15) is 11.6 Å². The Kier molecular flexibility index (Phi) is 3.21. The van der Waals surface area contributed by atoms with Crippen molar-refractivity contribution in [3.8, 4) is 0 Å². The quantitative estimate of drug-likeness (QED) is 0.947. The maximum absolute atomic E-state index is 13.9. The average molecular weight is 295 g/mol. The predicted octanol–water partition coefficient (Wildman–Crippen LogP) is 2.63. The number of halogens is 2. The van der Waals surface area contributed by atoms with Crippen LogP contribution in [0.2, 0.25) is 0 Å². The highest BCUT2D eigenvalue weighted by atomic mass is 32.1. The predicted molar refractivity (Wildman–Crippen MR) is 69.3 cm³/mol. The standard InChI is InChI=1S/C13H11F2N3OS/c14-8-2-3-9(10(15)6-8)13(4-1-5-13)16-12(19)11-7-20-18-17-11/h2-3,6-7H,1,4-5H2,(H,16,19). The Morgan fingerprint density at radius 3 is 2.70 bits per heavy atom. The van der Waals surface area contributed by atoms with E-state index in [1.165, 1.54) is 17.5 Å². The van der Waals surface area contributed by atoms with Gasteiger partial charge >= 0.3 is 0 Å². The van der Waals surface area contributed by atoms with Crippen molar-refractivity contribution in [3.05, 3.63) is 46.5 Å². The molecule has 0 spiro atoms. The highest BCUT2D eigenvalue weighted by Gasteiger charge is 2.42. The van der Waals surface area contributed by atoms with Gasteiger partial charge in [0.05, 0.1) is 5.54 Å². The van der Waals surface area contributed by atoms with Gasteiger partial charge in [-0.1, -0.05) is 10.6 Å². The minimum atomic E-state index is -0.765. The Hall–Kier alpha value is -1.89. The van der Waals surface area contributed by atoms with E-state index in [0.29, 0.717) is 18.4 Å². The summed E-state index contributed by atoms with van der Waals surface area (Å²) in [5.74, 6) is -1.65. The molecular formula is C13H11F2N3OS. The first-order chi connectivity index (χ1) is 9.61. The largest absolute Gasteiger partial charge is 0.341 e. The normalized spacial score (nSPS) is 16.5. The molecule has 2 aromatic rings. The van der Waals surface area contributed by atoms with Gasteiger partial charge in [-0.3, -0.25) is 4.79 Å². The zero-order valence-electron chi connectivity index (χ0n) is 10.4. The molecule has 1 aliphatic carbocycles. The first-order valence-electron chi connectivity index (χ1n) is 6.16. The van der Waals surface area contributed by atoms with Crippen molar-refractivity contribution >= 4 is 17.4 Å². The molecule has 1 aromatic carbocycles. The number of aromatic nitrogens is 2. The van der Waals surface area contributed by atoms with Crippen molar-refractivity contribution in [2.24, 2.45) is 0 Å². The molecule has 1 amide bonds. The van der Waals surface area contributed by atoms with Crippen LogP contribution < -0.4 is 5.32 Å². The van der Waals surface area contributed by atoms with E-state index in [1.54, 1.807) is 0 Å². The van der Waals surface area contributed by atoms with E-state index in [0.717, 1.165) is 24.0 Å². The lowest BCUT2D eigenvalue weighted by Crippen LogP contribution is -2.51. The number of carbonyl (C=O) groups is 1. The van der Waals surface area contributed by atoms with Crippen molar-refractivity contribution in [1.82, 2.24) is 14.9 Å². The molecule has 3 rings (SSSR count). The molecule has 1 aromatic heterocycles. The van der Waals surface area contributed by atoms with Crippen LogP contribution in [0.5, 0.6) is 0 Å². The van der Waals surface area contributed by atoms with E-state index in [9.17, 15) is 13.6 Å². The van der Waals surface area contributed by atoms with Gasteiger partial charge < -0.3 is 5.32 Å². The third-order valence-electron chi connectivity index (χ3n) is 3.60. The Bertz CT molecular complexity index is 641. The molecule has 0 saturated heterocycles. The Morgan fingerprint density at radius 2 is 2.15 bits per heavy atom. The molecule has 20 heavy (non-hydrogen) atoms. The van der Waals surface area contributed by atoms with E-state index in [-0.39, 0.29) is 11.6 Å². The molecule has 1 fully saturated rings. The molecule has 0 atom stereocenters. The Balaban J connectivity index is 1.90. The summed E-state index contributed by atoms with van der Waals surface area (Å²) >= 11 is 1.07. The van der Waals surface area contributed by atoms with Crippen LogP contribution in [-0.4, -0.2) is 15.5 Å². The van der Waals surface area contributed by atoms with E-state index < -0.39 is 17.2 Å². The van der Waals surface area contributed by atoms with Gasteiger partial charge in [-0.15, -0.1) is 5.10 Å².